The maximum atomic E-state index is 11.8. The van der Waals surface area contributed by atoms with Crippen LogP contribution in [0.15, 0.2) is 0 Å². The average Bonchev–Trinajstić information content (AvgIpc) is 2.68. The molecule has 0 bridgehead atoms. The first-order valence-corrected chi connectivity index (χ1v) is 15.0. The Bertz CT molecular complexity index is 405. The molecule has 0 aromatic heterocycles. The molecule has 0 aliphatic heterocycles. The lowest BCUT2D eigenvalue weighted by atomic mass is 10.1. The normalized spacial score (nSPS) is 12.1. The molecule has 5 heteroatoms. The van der Waals surface area contributed by atoms with Gasteiger partial charge in [0.2, 0.25) is 0 Å². The zero-order chi connectivity index (χ0) is 21.6. The van der Waals surface area contributed by atoms with E-state index in [0.29, 0.717) is 13.1 Å². The van der Waals surface area contributed by atoms with Gasteiger partial charge in [-0.05, 0) is 12.8 Å². The Morgan fingerprint density at radius 1 is 0.483 bits per heavy atom. The summed E-state index contributed by atoms with van der Waals surface area (Å²) in [6, 6.07) is 0. The zero-order valence-corrected chi connectivity index (χ0v) is 21.2. The SMILES string of the molecule is CCCCCCCCCCCCN(CCCCCCCCCCCC)S(=O)(=O)Cl. The minimum atomic E-state index is -3.58. The average molecular weight is 452 g/mol. The highest BCUT2D eigenvalue weighted by atomic mass is 35.7. The predicted molar refractivity (Wildman–Crippen MR) is 130 cm³/mol. The van der Waals surface area contributed by atoms with E-state index in [1.165, 1.54) is 107 Å². The molecule has 0 aliphatic rings. The van der Waals surface area contributed by atoms with Gasteiger partial charge in [0.15, 0.2) is 0 Å². The lowest BCUT2D eigenvalue weighted by Gasteiger charge is -2.18. The van der Waals surface area contributed by atoms with E-state index >= 15 is 0 Å². The van der Waals surface area contributed by atoms with Crippen LogP contribution in [0.25, 0.3) is 0 Å². The molecule has 0 aliphatic carbocycles. The number of halogens is 1. The summed E-state index contributed by atoms with van der Waals surface area (Å²) in [4.78, 5) is 0. The maximum absolute atomic E-state index is 11.8. The first-order chi connectivity index (χ1) is 14.0. The lowest BCUT2D eigenvalue weighted by Crippen LogP contribution is -2.29. The second kappa shape index (κ2) is 21.4. The first-order valence-electron chi connectivity index (χ1n) is 12.7. The van der Waals surface area contributed by atoms with Gasteiger partial charge in [0.25, 0.3) is 9.24 Å². The Hall–Kier alpha value is 0.200. The Labute approximate surface area is 187 Å². The molecule has 0 N–H and O–H groups in total. The number of rotatable bonds is 23. The Morgan fingerprint density at radius 3 is 0.966 bits per heavy atom. The molecule has 0 fully saturated rings. The van der Waals surface area contributed by atoms with Gasteiger partial charge in [-0.15, -0.1) is 0 Å². The van der Waals surface area contributed by atoms with Crippen LogP contribution in [0.3, 0.4) is 0 Å². The molecule has 0 amide bonds. The third-order valence-electron chi connectivity index (χ3n) is 5.83. The highest BCUT2D eigenvalue weighted by Crippen LogP contribution is 2.15. The number of nitrogens with zero attached hydrogens (tertiary/aromatic N) is 1. The fraction of sp³-hybridized carbons (Fsp3) is 1.00. The first kappa shape index (κ1) is 29.2. The summed E-state index contributed by atoms with van der Waals surface area (Å²) in [7, 11) is 2.06. The zero-order valence-electron chi connectivity index (χ0n) is 19.6. The predicted octanol–water partition coefficient (Wildman–Crippen LogP) is 8.61. The summed E-state index contributed by atoms with van der Waals surface area (Å²) in [6.45, 7) is 5.67. The van der Waals surface area contributed by atoms with Crippen LogP contribution in [0.1, 0.15) is 142 Å². The van der Waals surface area contributed by atoms with Crippen molar-refractivity contribution in [3.05, 3.63) is 0 Å². The largest absolute Gasteiger partial charge is 0.299 e. The second-order valence-electron chi connectivity index (χ2n) is 8.71. The molecule has 0 unspecified atom stereocenters. The third-order valence-corrected chi connectivity index (χ3v) is 7.40. The highest BCUT2D eigenvalue weighted by molar-refractivity contribution is 8.11. The quantitative estimate of drug-likeness (QED) is 0.115. The van der Waals surface area contributed by atoms with Gasteiger partial charge in [-0.3, -0.25) is 0 Å². The van der Waals surface area contributed by atoms with Crippen molar-refractivity contribution < 1.29 is 8.42 Å². The van der Waals surface area contributed by atoms with Crippen molar-refractivity contribution in [2.24, 2.45) is 0 Å². The molecule has 3 nitrogen and oxygen atoms in total. The van der Waals surface area contributed by atoms with Gasteiger partial charge in [0.05, 0.1) is 0 Å². The summed E-state index contributed by atoms with van der Waals surface area (Å²) in [6.07, 6.45) is 25.2. The molecule has 0 saturated heterocycles. The summed E-state index contributed by atoms with van der Waals surface area (Å²) >= 11 is 0. The van der Waals surface area contributed by atoms with Gasteiger partial charge in [-0.25, -0.2) is 0 Å². The number of unbranched alkanes of at least 4 members (excludes halogenated alkanes) is 18. The van der Waals surface area contributed by atoms with Crippen LogP contribution >= 0.6 is 10.7 Å². The molecule has 0 aromatic rings. The second-order valence-corrected chi connectivity index (χ2v) is 11.2. The van der Waals surface area contributed by atoms with Gasteiger partial charge in [0, 0.05) is 23.8 Å². The van der Waals surface area contributed by atoms with E-state index in [-0.39, 0.29) is 0 Å². The molecule has 29 heavy (non-hydrogen) atoms. The van der Waals surface area contributed by atoms with Crippen molar-refractivity contribution in [2.45, 2.75) is 142 Å². The molecule has 0 rings (SSSR count). The van der Waals surface area contributed by atoms with Crippen LogP contribution in [0.4, 0.5) is 0 Å². The van der Waals surface area contributed by atoms with Gasteiger partial charge < -0.3 is 0 Å². The monoisotopic (exact) mass is 451 g/mol. The third kappa shape index (κ3) is 21.2. The van der Waals surface area contributed by atoms with Crippen LogP contribution in [-0.2, 0) is 9.24 Å². The van der Waals surface area contributed by atoms with Crippen LogP contribution in [0.5, 0.6) is 0 Å². The molecular formula is C24H50ClNO2S. The molecule has 0 atom stereocenters. The van der Waals surface area contributed by atoms with Crippen molar-refractivity contribution >= 4 is 19.9 Å². The van der Waals surface area contributed by atoms with E-state index in [2.05, 4.69) is 13.8 Å². The Balaban J connectivity index is 3.63. The fourth-order valence-corrected chi connectivity index (χ4v) is 4.99. The van der Waals surface area contributed by atoms with Gasteiger partial charge in [0.1, 0.15) is 0 Å². The molecule has 0 aromatic carbocycles. The standard InChI is InChI=1S/C24H50ClNO2S/c1-3-5-7-9-11-13-15-17-19-21-23-26(29(25,27)28)24-22-20-18-16-14-12-10-8-6-4-2/h3-24H2,1-2H3. The van der Waals surface area contributed by atoms with Crippen molar-refractivity contribution in [3.63, 3.8) is 0 Å². The van der Waals surface area contributed by atoms with E-state index in [4.69, 9.17) is 10.7 Å². The molecule has 0 heterocycles. The van der Waals surface area contributed by atoms with Crippen LogP contribution in [0.2, 0.25) is 0 Å². The molecule has 0 radical (unpaired) electrons. The van der Waals surface area contributed by atoms with E-state index < -0.39 is 9.24 Å². The Morgan fingerprint density at radius 2 is 0.724 bits per heavy atom. The van der Waals surface area contributed by atoms with Crippen molar-refractivity contribution in [1.29, 1.82) is 0 Å². The van der Waals surface area contributed by atoms with Crippen LogP contribution < -0.4 is 0 Å². The topological polar surface area (TPSA) is 37.4 Å². The summed E-state index contributed by atoms with van der Waals surface area (Å²) < 4.78 is 25.1. The van der Waals surface area contributed by atoms with E-state index in [0.717, 1.165) is 25.7 Å². The summed E-state index contributed by atoms with van der Waals surface area (Å²) in [5.74, 6) is 0. The Kier molecular flexibility index (Phi) is 21.6. The minimum Gasteiger partial charge on any atom is -0.195 e. The van der Waals surface area contributed by atoms with Crippen molar-refractivity contribution in [2.75, 3.05) is 13.1 Å². The van der Waals surface area contributed by atoms with Crippen molar-refractivity contribution in [1.82, 2.24) is 4.31 Å². The van der Waals surface area contributed by atoms with E-state index in [1.807, 2.05) is 0 Å². The van der Waals surface area contributed by atoms with Gasteiger partial charge in [-0.2, -0.15) is 12.7 Å². The smallest absolute Gasteiger partial charge is 0.195 e. The molecular weight excluding hydrogens is 402 g/mol. The van der Waals surface area contributed by atoms with Crippen LogP contribution in [-0.4, -0.2) is 25.8 Å². The van der Waals surface area contributed by atoms with Crippen molar-refractivity contribution in [3.8, 4) is 0 Å². The maximum Gasteiger partial charge on any atom is 0.299 e. The summed E-state index contributed by atoms with van der Waals surface area (Å²) in [5, 5.41) is 0. The molecule has 0 saturated carbocycles. The fourth-order valence-electron chi connectivity index (χ4n) is 3.88. The van der Waals surface area contributed by atoms with E-state index in [1.54, 1.807) is 0 Å². The highest BCUT2D eigenvalue weighted by Gasteiger charge is 2.17. The van der Waals surface area contributed by atoms with Gasteiger partial charge in [-0.1, -0.05) is 129 Å². The van der Waals surface area contributed by atoms with Gasteiger partial charge >= 0.3 is 0 Å². The summed E-state index contributed by atoms with van der Waals surface area (Å²) in [5.41, 5.74) is 0. The molecule has 176 valence electrons. The lowest BCUT2D eigenvalue weighted by molar-refractivity contribution is 0.390. The number of hydrogen-bond donors (Lipinski definition) is 0. The van der Waals surface area contributed by atoms with E-state index in [9.17, 15) is 8.42 Å². The van der Waals surface area contributed by atoms with Crippen LogP contribution in [0, 0.1) is 0 Å². The minimum absolute atomic E-state index is 0.583. The number of hydrogen-bond acceptors (Lipinski definition) is 2. The molecule has 0 spiro atoms.